The highest BCUT2D eigenvalue weighted by Gasteiger charge is 2.24. The molecule has 1 heterocycles. The van der Waals surface area contributed by atoms with Crippen molar-refractivity contribution >= 4 is 21.7 Å². The molecule has 1 aromatic heterocycles. The van der Waals surface area contributed by atoms with E-state index in [1.807, 2.05) is 31.2 Å². The van der Waals surface area contributed by atoms with Gasteiger partial charge in [0.2, 0.25) is 5.82 Å². The Morgan fingerprint density at radius 3 is 2.37 bits per heavy atom. The SMILES string of the molecule is COc1ccccc1N(C)S(=O)(=O)c1ccc(C(=O)OCc2nc(-c3ccc(C)cc3)no2)cc1. The molecule has 4 rings (SSSR count). The highest BCUT2D eigenvalue weighted by molar-refractivity contribution is 7.92. The van der Waals surface area contributed by atoms with Crippen molar-refractivity contribution in [2.24, 2.45) is 0 Å². The van der Waals surface area contributed by atoms with Crippen molar-refractivity contribution in [3.8, 4) is 17.1 Å². The van der Waals surface area contributed by atoms with Gasteiger partial charge < -0.3 is 14.0 Å². The summed E-state index contributed by atoms with van der Waals surface area (Å²) < 4.78 is 42.9. The molecule has 35 heavy (non-hydrogen) atoms. The highest BCUT2D eigenvalue weighted by Crippen LogP contribution is 2.31. The zero-order chi connectivity index (χ0) is 25.0. The molecule has 0 saturated heterocycles. The van der Waals surface area contributed by atoms with Crippen molar-refractivity contribution in [1.82, 2.24) is 10.1 Å². The normalized spacial score (nSPS) is 11.2. The predicted octanol–water partition coefficient (Wildman–Crippen LogP) is 4.24. The van der Waals surface area contributed by atoms with Crippen molar-refractivity contribution in [2.45, 2.75) is 18.4 Å². The quantitative estimate of drug-likeness (QED) is 0.335. The number of carbonyl (C=O) groups excluding carboxylic acids is 1. The summed E-state index contributed by atoms with van der Waals surface area (Å²) in [6.45, 7) is 1.76. The fourth-order valence-corrected chi connectivity index (χ4v) is 4.49. The second kappa shape index (κ2) is 9.98. The van der Waals surface area contributed by atoms with E-state index in [4.69, 9.17) is 14.0 Å². The molecule has 0 aliphatic carbocycles. The van der Waals surface area contributed by atoms with E-state index in [1.165, 1.54) is 38.4 Å². The van der Waals surface area contributed by atoms with Crippen LogP contribution in [0.15, 0.2) is 82.2 Å². The Hall–Kier alpha value is -4.18. The number of carbonyl (C=O) groups is 1. The van der Waals surface area contributed by atoms with Crippen LogP contribution in [-0.4, -0.2) is 38.7 Å². The molecule has 0 unspecified atom stereocenters. The number of anilines is 1. The summed E-state index contributed by atoms with van der Waals surface area (Å²) in [5.74, 6) is 0.309. The molecule has 4 aromatic rings. The average molecular weight is 494 g/mol. The largest absolute Gasteiger partial charge is 0.495 e. The Morgan fingerprint density at radius 2 is 1.69 bits per heavy atom. The fraction of sp³-hybridized carbons (Fsp3) is 0.160. The summed E-state index contributed by atoms with van der Waals surface area (Å²) in [6.07, 6.45) is 0. The minimum absolute atomic E-state index is 0.0158. The molecular weight excluding hydrogens is 470 g/mol. The molecule has 0 N–H and O–H groups in total. The molecule has 0 fully saturated rings. The van der Waals surface area contributed by atoms with Gasteiger partial charge in [-0.15, -0.1) is 0 Å². The smallest absolute Gasteiger partial charge is 0.338 e. The molecule has 0 bridgehead atoms. The van der Waals surface area contributed by atoms with Gasteiger partial charge in [0, 0.05) is 12.6 Å². The third-order valence-corrected chi connectivity index (χ3v) is 7.06. The molecular formula is C25H23N3O6S. The summed E-state index contributed by atoms with van der Waals surface area (Å²) >= 11 is 0. The zero-order valence-corrected chi connectivity index (χ0v) is 20.2. The average Bonchev–Trinajstić information content (AvgIpc) is 3.36. The van der Waals surface area contributed by atoms with Crippen LogP contribution in [0.1, 0.15) is 21.8 Å². The summed E-state index contributed by atoms with van der Waals surface area (Å²) in [5, 5.41) is 3.90. The summed E-state index contributed by atoms with van der Waals surface area (Å²) in [7, 11) is -0.976. The number of methoxy groups -OCH3 is 1. The van der Waals surface area contributed by atoms with Gasteiger partial charge in [-0.2, -0.15) is 4.98 Å². The van der Waals surface area contributed by atoms with E-state index in [9.17, 15) is 13.2 Å². The molecule has 0 aliphatic rings. The number of esters is 1. The highest BCUT2D eigenvalue weighted by atomic mass is 32.2. The van der Waals surface area contributed by atoms with E-state index in [0.29, 0.717) is 17.3 Å². The Morgan fingerprint density at radius 1 is 1.00 bits per heavy atom. The van der Waals surface area contributed by atoms with E-state index in [-0.39, 0.29) is 23.0 Å². The molecule has 3 aromatic carbocycles. The third-order valence-electron chi connectivity index (χ3n) is 5.28. The van der Waals surface area contributed by atoms with Crippen molar-refractivity contribution < 1.29 is 27.2 Å². The number of ether oxygens (including phenoxy) is 2. The van der Waals surface area contributed by atoms with Crippen LogP contribution in [0.4, 0.5) is 5.69 Å². The molecule has 0 radical (unpaired) electrons. The minimum Gasteiger partial charge on any atom is -0.495 e. The molecule has 0 saturated carbocycles. The standard InChI is InChI=1S/C25H23N3O6S/c1-17-8-10-18(11-9-17)24-26-23(34-27-24)16-33-25(29)19-12-14-20(15-13-19)35(30,31)28(2)21-6-4-5-7-22(21)32-3/h4-15H,16H2,1-3H3. The number of sulfonamides is 1. The number of benzene rings is 3. The molecule has 0 atom stereocenters. The van der Waals surface area contributed by atoms with Crippen molar-refractivity contribution in [1.29, 1.82) is 0 Å². The number of aryl methyl sites for hydroxylation is 1. The van der Waals surface area contributed by atoms with Gasteiger partial charge in [-0.1, -0.05) is 47.1 Å². The maximum Gasteiger partial charge on any atom is 0.338 e. The van der Waals surface area contributed by atoms with Gasteiger partial charge in [-0.3, -0.25) is 4.31 Å². The van der Waals surface area contributed by atoms with E-state index in [2.05, 4.69) is 10.1 Å². The van der Waals surface area contributed by atoms with E-state index < -0.39 is 16.0 Å². The van der Waals surface area contributed by atoms with Crippen LogP contribution in [-0.2, 0) is 21.4 Å². The Balaban J connectivity index is 1.42. The van der Waals surface area contributed by atoms with Gasteiger partial charge in [0.15, 0.2) is 6.61 Å². The summed E-state index contributed by atoms with van der Waals surface area (Å²) in [6, 6.07) is 19.9. The molecule has 0 spiro atoms. The maximum absolute atomic E-state index is 13.1. The number of nitrogens with zero attached hydrogens (tertiary/aromatic N) is 3. The summed E-state index contributed by atoms with van der Waals surface area (Å²) in [5.41, 5.74) is 2.47. The number of rotatable bonds is 8. The lowest BCUT2D eigenvalue weighted by Crippen LogP contribution is -2.27. The zero-order valence-electron chi connectivity index (χ0n) is 19.3. The van der Waals surface area contributed by atoms with Crippen LogP contribution in [0, 0.1) is 6.92 Å². The Kier molecular flexibility index (Phi) is 6.83. The van der Waals surface area contributed by atoms with Gasteiger partial charge in [0.05, 0.1) is 23.3 Å². The lowest BCUT2D eigenvalue weighted by Gasteiger charge is -2.21. The number of hydrogen-bond acceptors (Lipinski definition) is 8. The number of hydrogen-bond donors (Lipinski definition) is 0. The molecule has 9 nitrogen and oxygen atoms in total. The first kappa shape index (κ1) is 24.0. The van der Waals surface area contributed by atoms with Gasteiger partial charge in [0.25, 0.3) is 15.9 Å². The van der Waals surface area contributed by atoms with Gasteiger partial charge >= 0.3 is 5.97 Å². The van der Waals surface area contributed by atoms with Crippen molar-refractivity contribution in [3.05, 3.63) is 89.8 Å². The second-order valence-electron chi connectivity index (χ2n) is 7.62. The van der Waals surface area contributed by atoms with Gasteiger partial charge in [-0.25, -0.2) is 13.2 Å². The first-order valence-corrected chi connectivity index (χ1v) is 12.0. The lowest BCUT2D eigenvalue weighted by atomic mass is 10.1. The minimum atomic E-state index is -3.88. The van der Waals surface area contributed by atoms with Crippen LogP contribution in [0.5, 0.6) is 5.75 Å². The van der Waals surface area contributed by atoms with Crippen LogP contribution >= 0.6 is 0 Å². The van der Waals surface area contributed by atoms with E-state index >= 15 is 0 Å². The molecule has 0 aliphatic heterocycles. The summed E-state index contributed by atoms with van der Waals surface area (Å²) in [4.78, 5) is 16.7. The van der Waals surface area contributed by atoms with Gasteiger partial charge in [0.1, 0.15) is 5.75 Å². The van der Waals surface area contributed by atoms with E-state index in [0.717, 1.165) is 15.4 Å². The van der Waals surface area contributed by atoms with Crippen LogP contribution < -0.4 is 9.04 Å². The molecule has 180 valence electrons. The Bertz CT molecular complexity index is 1430. The van der Waals surface area contributed by atoms with Crippen LogP contribution in [0.25, 0.3) is 11.4 Å². The predicted molar refractivity (Wildman–Crippen MR) is 129 cm³/mol. The van der Waals surface area contributed by atoms with Crippen LogP contribution in [0.3, 0.4) is 0 Å². The molecule has 10 heteroatoms. The maximum atomic E-state index is 13.1. The topological polar surface area (TPSA) is 112 Å². The number of para-hydroxylation sites is 2. The van der Waals surface area contributed by atoms with Gasteiger partial charge in [-0.05, 0) is 43.3 Å². The first-order chi connectivity index (χ1) is 16.8. The first-order valence-electron chi connectivity index (χ1n) is 10.6. The fourth-order valence-electron chi connectivity index (χ4n) is 3.28. The number of aromatic nitrogens is 2. The van der Waals surface area contributed by atoms with Crippen molar-refractivity contribution in [3.63, 3.8) is 0 Å². The third kappa shape index (κ3) is 5.17. The van der Waals surface area contributed by atoms with Crippen molar-refractivity contribution in [2.75, 3.05) is 18.5 Å². The van der Waals surface area contributed by atoms with Crippen LogP contribution in [0.2, 0.25) is 0 Å². The second-order valence-corrected chi connectivity index (χ2v) is 9.59. The van der Waals surface area contributed by atoms with E-state index in [1.54, 1.807) is 24.3 Å². The molecule has 0 amide bonds. The lowest BCUT2D eigenvalue weighted by molar-refractivity contribution is 0.0429. The monoisotopic (exact) mass is 493 g/mol. The Labute approximate surface area is 203 Å².